The maximum absolute atomic E-state index is 6.29. The zero-order valence-electron chi connectivity index (χ0n) is 12.5. The van der Waals surface area contributed by atoms with Crippen molar-refractivity contribution in [2.45, 2.75) is 32.4 Å². The molecule has 1 aromatic carbocycles. The molecule has 1 unspecified atom stereocenters. The average Bonchev–Trinajstić information content (AvgIpc) is 2.87. The van der Waals surface area contributed by atoms with Crippen LogP contribution >= 0.6 is 11.6 Å². The largest absolute Gasteiger partial charge is 0.496 e. The van der Waals surface area contributed by atoms with Crippen LogP contribution in [0.4, 0.5) is 0 Å². The van der Waals surface area contributed by atoms with Gasteiger partial charge in [0, 0.05) is 6.04 Å². The molecule has 3 N–H and O–H groups in total. The minimum Gasteiger partial charge on any atom is -0.496 e. The quantitative estimate of drug-likeness (QED) is 0.636. The van der Waals surface area contributed by atoms with E-state index in [1.807, 2.05) is 28.9 Å². The molecule has 6 heteroatoms. The van der Waals surface area contributed by atoms with Crippen LogP contribution in [-0.4, -0.2) is 16.9 Å². The molecule has 0 fully saturated rings. The average molecular weight is 309 g/mol. The normalized spacial score (nSPS) is 12.7. The number of hydrazine groups is 1. The molecule has 0 aliphatic heterocycles. The van der Waals surface area contributed by atoms with E-state index in [1.54, 1.807) is 13.3 Å². The Morgan fingerprint density at radius 3 is 2.71 bits per heavy atom. The highest BCUT2D eigenvalue weighted by Crippen LogP contribution is 2.30. The highest BCUT2D eigenvalue weighted by molar-refractivity contribution is 6.31. The Morgan fingerprint density at radius 1 is 1.38 bits per heavy atom. The van der Waals surface area contributed by atoms with E-state index < -0.39 is 0 Å². The first-order valence-corrected chi connectivity index (χ1v) is 7.27. The van der Waals surface area contributed by atoms with Gasteiger partial charge in [-0.2, -0.15) is 5.10 Å². The van der Waals surface area contributed by atoms with Crippen molar-refractivity contribution in [3.63, 3.8) is 0 Å². The molecule has 0 aliphatic carbocycles. The Hall–Kier alpha value is -1.56. The summed E-state index contributed by atoms with van der Waals surface area (Å²) < 4.78 is 7.28. The fraction of sp³-hybridized carbons (Fsp3) is 0.400. The highest BCUT2D eigenvalue weighted by atomic mass is 35.5. The molecule has 0 saturated carbocycles. The van der Waals surface area contributed by atoms with Crippen molar-refractivity contribution < 1.29 is 4.74 Å². The van der Waals surface area contributed by atoms with Gasteiger partial charge in [0.1, 0.15) is 5.75 Å². The Morgan fingerprint density at radius 2 is 2.10 bits per heavy atom. The first kappa shape index (κ1) is 15.8. The number of nitrogens with one attached hydrogen (secondary N) is 1. The summed E-state index contributed by atoms with van der Waals surface area (Å²) in [5, 5.41) is 4.94. The fourth-order valence-corrected chi connectivity index (χ4v) is 2.68. The molecule has 0 amide bonds. The molecule has 1 aromatic heterocycles. The van der Waals surface area contributed by atoms with Crippen molar-refractivity contribution in [3.05, 3.63) is 46.7 Å². The molecule has 0 saturated heterocycles. The van der Waals surface area contributed by atoms with Crippen molar-refractivity contribution in [2.24, 2.45) is 5.84 Å². The number of methoxy groups -OCH3 is 1. The monoisotopic (exact) mass is 308 g/mol. The molecule has 1 heterocycles. The van der Waals surface area contributed by atoms with Gasteiger partial charge in [-0.15, -0.1) is 0 Å². The molecule has 5 nitrogen and oxygen atoms in total. The fourth-order valence-electron chi connectivity index (χ4n) is 2.41. The summed E-state index contributed by atoms with van der Waals surface area (Å²) in [6, 6.07) is 7.95. The summed E-state index contributed by atoms with van der Waals surface area (Å²) >= 11 is 6.29. The van der Waals surface area contributed by atoms with Crippen LogP contribution in [0.1, 0.15) is 37.2 Å². The topological polar surface area (TPSA) is 65.1 Å². The Kier molecular flexibility index (Phi) is 5.22. The first-order chi connectivity index (χ1) is 10.1. The third kappa shape index (κ3) is 3.37. The van der Waals surface area contributed by atoms with Crippen LogP contribution in [0.3, 0.4) is 0 Å². The lowest BCUT2D eigenvalue weighted by Crippen LogP contribution is -2.32. The lowest BCUT2D eigenvalue weighted by Gasteiger charge is -2.21. The summed E-state index contributed by atoms with van der Waals surface area (Å²) in [6.07, 6.45) is 2.32. The van der Waals surface area contributed by atoms with Crippen LogP contribution in [0.15, 0.2) is 30.5 Å². The van der Waals surface area contributed by atoms with Gasteiger partial charge in [0.15, 0.2) is 0 Å². The lowest BCUT2D eigenvalue weighted by molar-refractivity contribution is 0.401. The van der Waals surface area contributed by atoms with Crippen molar-refractivity contribution in [1.82, 2.24) is 15.2 Å². The molecule has 21 heavy (non-hydrogen) atoms. The number of nitrogens with two attached hydrogens (primary N) is 1. The van der Waals surface area contributed by atoms with Gasteiger partial charge in [-0.25, -0.2) is 0 Å². The summed E-state index contributed by atoms with van der Waals surface area (Å²) in [4.78, 5) is 0. The van der Waals surface area contributed by atoms with Crippen LogP contribution < -0.4 is 16.0 Å². The predicted molar refractivity (Wildman–Crippen MR) is 84.4 cm³/mol. The second-order valence-electron chi connectivity index (χ2n) is 5.15. The van der Waals surface area contributed by atoms with E-state index in [0.717, 1.165) is 17.0 Å². The number of para-hydroxylation sites is 1. The predicted octanol–water partition coefficient (Wildman–Crippen LogP) is 2.87. The zero-order chi connectivity index (χ0) is 15.4. The number of benzene rings is 1. The SMILES string of the molecule is COc1ccccc1CC(NN)c1c(Cl)cnn1C(C)C. The molecule has 2 rings (SSSR count). The van der Waals surface area contributed by atoms with Crippen molar-refractivity contribution in [2.75, 3.05) is 7.11 Å². The number of aromatic nitrogens is 2. The molecular weight excluding hydrogens is 288 g/mol. The number of hydrogen-bond donors (Lipinski definition) is 2. The molecular formula is C15H21ClN4O. The minimum atomic E-state index is -0.140. The smallest absolute Gasteiger partial charge is 0.122 e. The van der Waals surface area contributed by atoms with Gasteiger partial charge in [-0.3, -0.25) is 16.0 Å². The van der Waals surface area contributed by atoms with E-state index >= 15 is 0 Å². The number of rotatable bonds is 6. The van der Waals surface area contributed by atoms with Crippen LogP contribution in [0.5, 0.6) is 5.75 Å². The number of hydrogen-bond acceptors (Lipinski definition) is 4. The Balaban J connectivity index is 2.35. The minimum absolute atomic E-state index is 0.140. The summed E-state index contributed by atoms with van der Waals surface area (Å²) in [7, 11) is 1.66. The Labute approximate surface area is 130 Å². The standard InChI is InChI=1S/C15H21ClN4O/c1-10(2)20-15(12(16)9-18-20)13(19-17)8-11-6-4-5-7-14(11)21-3/h4-7,9-10,13,19H,8,17H2,1-3H3. The second kappa shape index (κ2) is 6.93. The summed E-state index contributed by atoms with van der Waals surface area (Å²) in [5.41, 5.74) is 4.79. The molecule has 2 aromatic rings. The summed E-state index contributed by atoms with van der Waals surface area (Å²) in [6.45, 7) is 4.12. The number of ether oxygens (including phenoxy) is 1. The zero-order valence-corrected chi connectivity index (χ0v) is 13.3. The van der Waals surface area contributed by atoms with E-state index in [4.69, 9.17) is 22.2 Å². The molecule has 0 spiro atoms. The van der Waals surface area contributed by atoms with E-state index in [1.165, 1.54) is 0 Å². The second-order valence-corrected chi connectivity index (χ2v) is 5.56. The van der Waals surface area contributed by atoms with Crippen molar-refractivity contribution in [3.8, 4) is 5.75 Å². The van der Waals surface area contributed by atoms with Gasteiger partial charge in [-0.1, -0.05) is 29.8 Å². The number of nitrogens with zero attached hydrogens (tertiary/aromatic N) is 2. The lowest BCUT2D eigenvalue weighted by atomic mass is 10.0. The third-order valence-corrected chi connectivity index (χ3v) is 3.72. The highest BCUT2D eigenvalue weighted by Gasteiger charge is 2.22. The Bertz CT molecular complexity index is 597. The first-order valence-electron chi connectivity index (χ1n) is 6.89. The maximum atomic E-state index is 6.29. The van der Waals surface area contributed by atoms with E-state index in [9.17, 15) is 0 Å². The molecule has 0 radical (unpaired) electrons. The van der Waals surface area contributed by atoms with E-state index in [0.29, 0.717) is 11.4 Å². The van der Waals surface area contributed by atoms with Crippen LogP contribution in [-0.2, 0) is 6.42 Å². The van der Waals surface area contributed by atoms with Gasteiger partial charge in [0.25, 0.3) is 0 Å². The maximum Gasteiger partial charge on any atom is 0.122 e. The van der Waals surface area contributed by atoms with Crippen LogP contribution in [0, 0.1) is 0 Å². The molecule has 0 bridgehead atoms. The van der Waals surface area contributed by atoms with Gasteiger partial charge in [0.2, 0.25) is 0 Å². The van der Waals surface area contributed by atoms with Gasteiger partial charge < -0.3 is 4.74 Å². The van der Waals surface area contributed by atoms with Gasteiger partial charge in [0.05, 0.1) is 30.1 Å². The van der Waals surface area contributed by atoms with Crippen molar-refractivity contribution in [1.29, 1.82) is 0 Å². The van der Waals surface area contributed by atoms with Gasteiger partial charge >= 0.3 is 0 Å². The summed E-state index contributed by atoms with van der Waals surface area (Å²) in [5.74, 6) is 6.59. The van der Waals surface area contributed by atoms with Crippen molar-refractivity contribution >= 4 is 11.6 Å². The molecule has 1 atom stereocenters. The van der Waals surface area contributed by atoms with Gasteiger partial charge in [-0.05, 0) is 31.9 Å². The van der Waals surface area contributed by atoms with E-state index in [2.05, 4.69) is 24.4 Å². The molecule has 114 valence electrons. The molecule has 0 aliphatic rings. The van der Waals surface area contributed by atoms with E-state index in [-0.39, 0.29) is 12.1 Å². The third-order valence-electron chi connectivity index (χ3n) is 3.42. The van der Waals surface area contributed by atoms with Crippen LogP contribution in [0.2, 0.25) is 5.02 Å². The number of halogens is 1. The van der Waals surface area contributed by atoms with Crippen LogP contribution in [0.25, 0.3) is 0 Å².